The van der Waals surface area contributed by atoms with Gasteiger partial charge in [-0.25, -0.2) is 4.39 Å². The van der Waals surface area contributed by atoms with Gasteiger partial charge in [0, 0.05) is 31.9 Å². The summed E-state index contributed by atoms with van der Waals surface area (Å²) >= 11 is 7.14. The van der Waals surface area contributed by atoms with E-state index in [9.17, 15) is 14.0 Å². The maximum Gasteiger partial charge on any atom is 0.264 e. The number of halogens is 2. The fourth-order valence-corrected chi connectivity index (χ4v) is 3.68. The second-order valence-corrected chi connectivity index (χ2v) is 7.45. The number of hydrogen-bond donors (Lipinski definition) is 1. The molecule has 2 aromatic rings. The molecule has 1 saturated heterocycles. The predicted molar refractivity (Wildman–Crippen MR) is 96.7 cm³/mol. The Morgan fingerprint density at radius 2 is 1.92 bits per heavy atom. The molecule has 1 aromatic heterocycles. The number of rotatable bonds is 4. The Kier molecular flexibility index (Phi) is 5.67. The number of carbonyl (C=O) groups excluding carboxylic acids is 2. The first-order valence-corrected chi connectivity index (χ1v) is 9.03. The van der Waals surface area contributed by atoms with Crippen molar-refractivity contribution in [3.63, 3.8) is 0 Å². The second-order valence-electron chi connectivity index (χ2n) is 5.73. The van der Waals surface area contributed by atoms with Crippen LogP contribution in [0.15, 0.2) is 36.4 Å². The molecule has 1 fully saturated rings. The number of thiophene rings is 1. The quantitative estimate of drug-likeness (QED) is 0.885. The smallest absolute Gasteiger partial charge is 0.264 e. The molecule has 132 valence electrons. The highest BCUT2D eigenvalue weighted by atomic mass is 35.5. The van der Waals surface area contributed by atoms with Gasteiger partial charge in [-0.3, -0.25) is 14.5 Å². The summed E-state index contributed by atoms with van der Waals surface area (Å²) < 4.78 is 13.7. The molecule has 1 N–H and O–H groups in total. The van der Waals surface area contributed by atoms with E-state index in [1.54, 1.807) is 29.2 Å². The van der Waals surface area contributed by atoms with Crippen molar-refractivity contribution in [3.8, 4) is 0 Å². The van der Waals surface area contributed by atoms with Gasteiger partial charge in [0.1, 0.15) is 5.82 Å². The summed E-state index contributed by atoms with van der Waals surface area (Å²) in [5.41, 5.74) is 0.438. The normalized spacial score (nSPS) is 15.2. The second kappa shape index (κ2) is 7.95. The van der Waals surface area contributed by atoms with E-state index in [0.29, 0.717) is 41.1 Å². The standard InChI is InChI=1S/C17H17ClFN3O2S/c18-15-5-4-14(25-15)17(24)22-8-6-21(7-9-22)11-16(23)20-13-3-1-2-12(19)10-13/h1-5,10H,6-9,11H2,(H,20,23). The molecular formula is C17H17ClFN3O2S. The average Bonchev–Trinajstić information content (AvgIpc) is 3.01. The molecule has 5 nitrogen and oxygen atoms in total. The van der Waals surface area contributed by atoms with Gasteiger partial charge in [-0.1, -0.05) is 17.7 Å². The van der Waals surface area contributed by atoms with Crippen molar-refractivity contribution < 1.29 is 14.0 Å². The lowest BCUT2D eigenvalue weighted by Crippen LogP contribution is -2.50. The molecule has 2 amide bonds. The molecular weight excluding hydrogens is 365 g/mol. The maximum atomic E-state index is 13.1. The summed E-state index contributed by atoms with van der Waals surface area (Å²) in [6.07, 6.45) is 0. The Morgan fingerprint density at radius 1 is 1.16 bits per heavy atom. The highest BCUT2D eigenvalue weighted by Gasteiger charge is 2.24. The molecule has 0 saturated carbocycles. The van der Waals surface area contributed by atoms with E-state index in [2.05, 4.69) is 5.32 Å². The lowest BCUT2D eigenvalue weighted by molar-refractivity contribution is -0.117. The molecule has 1 aliphatic rings. The van der Waals surface area contributed by atoms with Crippen molar-refractivity contribution in [2.45, 2.75) is 0 Å². The minimum absolute atomic E-state index is 0.0271. The van der Waals surface area contributed by atoms with E-state index in [-0.39, 0.29) is 18.4 Å². The van der Waals surface area contributed by atoms with Crippen LogP contribution in [0, 0.1) is 5.82 Å². The first kappa shape index (κ1) is 17.8. The van der Waals surface area contributed by atoms with Gasteiger partial charge >= 0.3 is 0 Å². The number of carbonyl (C=O) groups is 2. The number of benzene rings is 1. The summed E-state index contributed by atoms with van der Waals surface area (Å²) in [5, 5.41) is 2.68. The van der Waals surface area contributed by atoms with E-state index >= 15 is 0 Å². The van der Waals surface area contributed by atoms with Crippen LogP contribution in [0.3, 0.4) is 0 Å². The molecule has 0 bridgehead atoms. The Labute approximate surface area is 154 Å². The van der Waals surface area contributed by atoms with E-state index in [1.165, 1.54) is 23.5 Å². The SMILES string of the molecule is O=C(CN1CCN(C(=O)c2ccc(Cl)s2)CC1)Nc1cccc(F)c1. The van der Waals surface area contributed by atoms with Crippen LogP contribution >= 0.6 is 22.9 Å². The van der Waals surface area contributed by atoms with Gasteiger partial charge in [0.15, 0.2) is 0 Å². The monoisotopic (exact) mass is 381 g/mol. The molecule has 0 spiro atoms. The topological polar surface area (TPSA) is 52.7 Å². The molecule has 25 heavy (non-hydrogen) atoms. The molecule has 0 aliphatic carbocycles. The van der Waals surface area contributed by atoms with Crippen molar-refractivity contribution in [1.29, 1.82) is 0 Å². The average molecular weight is 382 g/mol. The van der Waals surface area contributed by atoms with E-state index in [0.717, 1.165) is 0 Å². The zero-order valence-corrected chi connectivity index (χ0v) is 14.9. The van der Waals surface area contributed by atoms with E-state index in [1.807, 2.05) is 4.90 Å². The van der Waals surface area contributed by atoms with Gasteiger partial charge < -0.3 is 10.2 Å². The van der Waals surface area contributed by atoms with Crippen LogP contribution in [-0.4, -0.2) is 54.3 Å². The molecule has 1 aliphatic heterocycles. The third-order valence-corrected chi connectivity index (χ3v) is 5.14. The number of anilines is 1. The van der Waals surface area contributed by atoms with Crippen LogP contribution in [0.2, 0.25) is 4.34 Å². The van der Waals surface area contributed by atoms with Crippen LogP contribution in [0.1, 0.15) is 9.67 Å². The summed E-state index contributed by atoms with van der Waals surface area (Å²) in [7, 11) is 0. The van der Waals surface area contributed by atoms with E-state index < -0.39 is 5.82 Å². The summed E-state index contributed by atoms with van der Waals surface area (Å²) in [6, 6.07) is 9.24. The molecule has 3 rings (SSSR count). The number of nitrogens with zero attached hydrogens (tertiary/aromatic N) is 2. The van der Waals surface area contributed by atoms with Crippen LogP contribution in [0.5, 0.6) is 0 Å². The number of hydrogen-bond acceptors (Lipinski definition) is 4. The highest BCUT2D eigenvalue weighted by Crippen LogP contribution is 2.23. The van der Waals surface area contributed by atoms with Gasteiger partial charge in [-0.2, -0.15) is 0 Å². The van der Waals surface area contributed by atoms with Crippen molar-refractivity contribution in [3.05, 3.63) is 51.4 Å². The zero-order chi connectivity index (χ0) is 17.8. The fraction of sp³-hybridized carbons (Fsp3) is 0.294. The molecule has 0 radical (unpaired) electrons. The fourth-order valence-electron chi connectivity index (χ4n) is 2.66. The van der Waals surface area contributed by atoms with Crippen LogP contribution < -0.4 is 5.32 Å². The Balaban J connectivity index is 1.47. The minimum Gasteiger partial charge on any atom is -0.335 e. The van der Waals surface area contributed by atoms with Crippen LogP contribution in [-0.2, 0) is 4.79 Å². The van der Waals surface area contributed by atoms with Crippen molar-refractivity contribution >= 4 is 40.4 Å². The molecule has 1 aromatic carbocycles. The van der Waals surface area contributed by atoms with Gasteiger partial charge in [0.05, 0.1) is 15.8 Å². The summed E-state index contributed by atoms with van der Waals surface area (Å²) in [6.45, 7) is 2.55. The Hall–Kier alpha value is -1.96. The van der Waals surface area contributed by atoms with Crippen molar-refractivity contribution in [2.75, 3.05) is 38.0 Å². The predicted octanol–water partition coefficient (Wildman–Crippen LogP) is 2.94. The van der Waals surface area contributed by atoms with E-state index in [4.69, 9.17) is 11.6 Å². The molecule has 0 unspecified atom stereocenters. The number of piperazine rings is 1. The largest absolute Gasteiger partial charge is 0.335 e. The lowest BCUT2D eigenvalue weighted by atomic mass is 10.2. The maximum absolute atomic E-state index is 13.1. The third-order valence-electron chi connectivity index (χ3n) is 3.92. The number of nitrogens with one attached hydrogen (secondary N) is 1. The van der Waals surface area contributed by atoms with Gasteiger partial charge in [-0.15, -0.1) is 11.3 Å². The van der Waals surface area contributed by atoms with Crippen molar-refractivity contribution in [1.82, 2.24) is 9.80 Å². The lowest BCUT2D eigenvalue weighted by Gasteiger charge is -2.34. The minimum atomic E-state index is -0.390. The third kappa shape index (κ3) is 4.78. The zero-order valence-electron chi connectivity index (χ0n) is 13.4. The molecule has 2 heterocycles. The Morgan fingerprint density at radius 3 is 2.56 bits per heavy atom. The summed E-state index contributed by atoms with van der Waals surface area (Å²) in [4.78, 5) is 28.8. The first-order chi connectivity index (χ1) is 12.0. The highest BCUT2D eigenvalue weighted by molar-refractivity contribution is 7.17. The molecule has 8 heteroatoms. The van der Waals surface area contributed by atoms with Gasteiger partial charge in [0.2, 0.25) is 5.91 Å². The van der Waals surface area contributed by atoms with Gasteiger partial charge in [0.25, 0.3) is 5.91 Å². The number of amides is 2. The van der Waals surface area contributed by atoms with Crippen LogP contribution in [0.4, 0.5) is 10.1 Å². The summed E-state index contributed by atoms with van der Waals surface area (Å²) in [5.74, 6) is -0.616. The van der Waals surface area contributed by atoms with Gasteiger partial charge in [-0.05, 0) is 30.3 Å². The molecule has 0 atom stereocenters. The Bertz CT molecular complexity index is 775. The van der Waals surface area contributed by atoms with Crippen molar-refractivity contribution in [2.24, 2.45) is 0 Å². The van der Waals surface area contributed by atoms with Crippen LogP contribution in [0.25, 0.3) is 0 Å². The first-order valence-electron chi connectivity index (χ1n) is 7.83.